The van der Waals surface area contributed by atoms with E-state index < -0.39 is 29.8 Å². The molecule has 2 rings (SSSR count). The number of carboxylic acid groups (broad SMARTS) is 1. The first kappa shape index (κ1) is 18.6. The van der Waals surface area contributed by atoms with E-state index in [1.54, 1.807) is 0 Å². The lowest BCUT2D eigenvalue weighted by atomic mass is 9.86. The average molecular weight is 371 g/mol. The number of pyridine rings is 1. The van der Waals surface area contributed by atoms with E-state index in [-0.39, 0.29) is 5.56 Å². The Kier molecular flexibility index (Phi) is 5.51. The number of rotatable bonds is 5. The number of aliphatic carboxylic acids is 1. The van der Waals surface area contributed by atoms with Crippen LogP contribution in [-0.4, -0.2) is 22.1 Å². The number of carboxylic acids is 1. The summed E-state index contributed by atoms with van der Waals surface area (Å²) in [6.07, 6.45) is -3.70. The summed E-state index contributed by atoms with van der Waals surface area (Å²) in [6.45, 7) is 0. The summed E-state index contributed by atoms with van der Waals surface area (Å²) in [5.74, 6) is -2.45. The van der Waals surface area contributed by atoms with Crippen molar-refractivity contribution in [2.24, 2.45) is 5.11 Å². The van der Waals surface area contributed by atoms with E-state index in [0.717, 1.165) is 18.3 Å². The van der Waals surface area contributed by atoms with Crippen molar-refractivity contribution in [1.29, 1.82) is 0 Å². The number of nitrogens with zero attached hydrogens (tertiary/aromatic N) is 4. The van der Waals surface area contributed by atoms with Gasteiger partial charge in [0.1, 0.15) is 11.7 Å². The molecule has 0 aliphatic heterocycles. The van der Waals surface area contributed by atoms with Gasteiger partial charge < -0.3 is 5.11 Å². The first-order chi connectivity index (χ1) is 11.7. The highest BCUT2D eigenvalue weighted by molar-refractivity contribution is 6.30. The summed E-state index contributed by atoms with van der Waals surface area (Å²) in [7, 11) is 0. The van der Waals surface area contributed by atoms with Gasteiger partial charge in [-0.1, -0.05) is 34.9 Å². The number of azide groups is 1. The molecule has 2 aromatic rings. The summed E-state index contributed by atoms with van der Waals surface area (Å²) < 4.78 is 38.0. The zero-order valence-electron chi connectivity index (χ0n) is 12.4. The van der Waals surface area contributed by atoms with Gasteiger partial charge in [-0.25, -0.2) is 0 Å². The van der Waals surface area contributed by atoms with Crippen molar-refractivity contribution < 1.29 is 23.1 Å². The maximum atomic E-state index is 12.7. The van der Waals surface area contributed by atoms with Crippen molar-refractivity contribution in [3.8, 4) is 0 Å². The number of hydrogen-bond acceptors (Lipinski definition) is 3. The van der Waals surface area contributed by atoms with E-state index in [1.807, 2.05) is 0 Å². The van der Waals surface area contributed by atoms with Crippen molar-refractivity contribution in [3.63, 3.8) is 0 Å². The molecule has 6 nitrogen and oxygen atoms in total. The van der Waals surface area contributed by atoms with Gasteiger partial charge in [0.25, 0.3) is 0 Å². The molecular weight excluding hydrogens is 361 g/mol. The second-order valence-corrected chi connectivity index (χ2v) is 5.43. The molecule has 0 bridgehead atoms. The van der Waals surface area contributed by atoms with Crippen molar-refractivity contribution in [1.82, 2.24) is 4.98 Å². The molecule has 1 aromatic carbocycles. The predicted octanol–water partition coefficient (Wildman–Crippen LogP) is 4.65. The summed E-state index contributed by atoms with van der Waals surface area (Å²) in [4.78, 5) is 17.3. The van der Waals surface area contributed by atoms with Crippen LogP contribution in [-0.2, 0) is 11.0 Å². The van der Waals surface area contributed by atoms with Gasteiger partial charge in [-0.3, -0.25) is 9.78 Å². The van der Waals surface area contributed by atoms with E-state index in [4.69, 9.17) is 17.1 Å². The van der Waals surface area contributed by atoms with Crippen LogP contribution in [0.3, 0.4) is 0 Å². The van der Waals surface area contributed by atoms with Gasteiger partial charge in [0.2, 0.25) is 0 Å². The Morgan fingerprint density at radius 1 is 1.20 bits per heavy atom. The van der Waals surface area contributed by atoms with Crippen LogP contribution < -0.4 is 0 Å². The van der Waals surface area contributed by atoms with E-state index in [2.05, 4.69) is 15.0 Å². The fourth-order valence-corrected chi connectivity index (χ4v) is 2.42. The van der Waals surface area contributed by atoms with Gasteiger partial charge in [-0.15, -0.1) is 0 Å². The van der Waals surface area contributed by atoms with Crippen LogP contribution in [0.25, 0.3) is 10.4 Å². The maximum Gasteiger partial charge on any atom is 0.433 e. The summed E-state index contributed by atoms with van der Waals surface area (Å²) in [5, 5.41) is 13.0. The van der Waals surface area contributed by atoms with Gasteiger partial charge in [0, 0.05) is 22.0 Å². The SMILES string of the molecule is [N-]=[N+]=NC(C(=O)O)[C@@H](c1ccc(Cl)cc1)c1ccc(C(F)(F)F)nc1. The van der Waals surface area contributed by atoms with Crippen LogP contribution in [0.5, 0.6) is 0 Å². The second-order valence-electron chi connectivity index (χ2n) is 4.99. The molecule has 1 heterocycles. The smallest absolute Gasteiger partial charge is 0.433 e. The summed E-state index contributed by atoms with van der Waals surface area (Å²) in [6, 6.07) is 6.30. The topological polar surface area (TPSA) is 99.0 Å². The van der Waals surface area contributed by atoms with Gasteiger partial charge in [0.05, 0.1) is 0 Å². The predicted molar refractivity (Wildman–Crippen MR) is 83.1 cm³/mol. The molecular formula is C15H10ClF3N4O2. The number of carbonyl (C=O) groups is 1. The molecule has 1 aromatic heterocycles. The van der Waals surface area contributed by atoms with Crippen molar-refractivity contribution in [3.05, 3.63) is 74.9 Å². The Labute approximate surface area is 144 Å². The van der Waals surface area contributed by atoms with Crippen LogP contribution in [0, 0.1) is 0 Å². The molecule has 0 amide bonds. The number of aromatic nitrogens is 1. The fourth-order valence-electron chi connectivity index (χ4n) is 2.30. The Morgan fingerprint density at radius 3 is 2.24 bits per heavy atom. The highest BCUT2D eigenvalue weighted by Gasteiger charge is 2.34. The molecule has 130 valence electrons. The Bertz CT molecular complexity index is 801. The molecule has 25 heavy (non-hydrogen) atoms. The first-order valence-corrected chi connectivity index (χ1v) is 7.17. The third-order valence-electron chi connectivity index (χ3n) is 3.41. The van der Waals surface area contributed by atoms with Gasteiger partial charge in [-0.2, -0.15) is 13.2 Å². The van der Waals surface area contributed by atoms with Crippen LogP contribution >= 0.6 is 11.6 Å². The number of halogens is 4. The fraction of sp³-hybridized carbons (Fsp3) is 0.200. The zero-order chi connectivity index (χ0) is 18.6. The van der Waals surface area contributed by atoms with Crippen molar-refractivity contribution >= 4 is 17.6 Å². The minimum absolute atomic E-state index is 0.162. The monoisotopic (exact) mass is 370 g/mol. The van der Waals surface area contributed by atoms with Crippen molar-refractivity contribution in [2.45, 2.75) is 18.1 Å². The molecule has 1 N–H and O–H groups in total. The number of hydrogen-bond donors (Lipinski definition) is 1. The number of benzene rings is 1. The standard InChI is InChI=1S/C15H10ClF3N4O2/c16-10-4-1-8(2-5-10)12(13(14(24)25)22-23-20)9-3-6-11(21-7-9)15(17,18)19/h1-7,12-13H,(H,24,25)/t12-,13?/m0/s1. The third-order valence-corrected chi connectivity index (χ3v) is 3.66. The van der Waals surface area contributed by atoms with Gasteiger partial charge in [-0.05, 0) is 34.9 Å². The molecule has 0 radical (unpaired) electrons. The summed E-state index contributed by atoms with van der Waals surface area (Å²) >= 11 is 5.80. The lowest BCUT2D eigenvalue weighted by molar-refractivity contribution is -0.141. The average Bonchev–Trinajstić information content (AvgIpc) is 2.55. The quantitative estimate of drug-likeness (QED) is 0.471. The van der Waals surface area contributed by atoms with Crippen LogP contribution in [0.1, 0.15) is 22.7 Å². The summed E-state index contributed by atoms with van der Waals surface area (Å²) in [5.41, 5.74) is 8.09. The Morgan fingerprint density at radius 2 is 1.80 bits per heavy atom. The Hall–Kier alpha value is -2.77. The third kappa shape index (κ3) is 4.40. The molecule has 0 aliphatic carbocycles. The molecule has 0 saturated heterocycles. The lowest BCUT2D eigenvalue weighted by Gasteiger charge is -2.22. The van der Waals surface area contributed by atoms with E-state index >= 15 is 0 Å². The minimum Gasteiger partial charge on any atom is -0.481 e. The van der Waals surface area contributed by atoms with E-state index in [0.29, 0.717) is 10.6 Å². The van der Waals surface area contributed by atoms with E-state index in [9.17, 15) is 23.1 Å². The molecule has 10 heteroatoms. The molecule has 0 saturated carbocycles. The van der Waals surface area contributed by atoms with Gasteiger partial charge in [0.15, 0.2) is 0 Å². The lowest BCUT2D eigenvalue weighted by Crippen LogP contribution is -2.27. The van der Waals surface area contributed by atoms with Crippen molar-refractivity contribution in [2.75, 3.05) is 0 Å². The largest absolute Gasteiger partial charge is 0.481 e. The zero-order valence-corrected chi connectivity index (χ0v) is 13.1. The minimum atomic E-state index is -4.62. The second kappa shape index (κ2) is 7.42. The Balaban J connectivity index is 2.56. The molecule has 2 atom stereocenters. The highest BCUT2D eigenvalue weighted by atomic mass is 35.5. The molecule has 1 unspecified atom stereocenters. The van der Waals surface area contributed by atoms with Crippen LogP contribution in [0.15, 0.2) is 47.7 Å². The first-order valence-electron chi connectivity index (χ1n) is 6.79. The molecule has 0 fully saturated rings. The maximum absolute atomic E-state index is 12.7. The highest BCUT2D eigenvalue weighted by Crippen LogP contribution is 2.33. The van der Waals surface area contributed by atoms with Crippen LogP contribution in [0.2, 0.25) is 5.02 Å². The number of alkyl halides is 3. The molecule has 0 aliphatic rings. The van der Waals surface area contributed by atoms with Gasteiger partial charge >= 0.3 is 12.1 Å². The molecule has 0 spiro atoms. The van der Waals surface area contributed by atoms with Crippen LogP contribution in [0.4, 0.5) is 13.2 Å². The normalized spacial score (nSPS) is 13.6. The van der Waals surface area contributed by atoms with E-state index in [1.165, 1.54) is 24.3 Å².